The van der Waals surface area contributed by atoms with Crippen LogP contribution in [0.15, 0.2) is 54.6 Å². The lowest BCUT2D eigenvalue weighted by molar-refractivity contribution is 0.103. The van der Waals surface area contributed by atoms with E-state index in [1.165, 1.54) is 0 Å². The zero-order valence-electron chi connectivity index (χ0n) is 16.0. The van der Waals surface area contributed by atoms with Crippen molar-refractivity contribution in [3.05, 3.63) is 82.1 Å². The predicted octanol–water partition coefficient (Wildman–Crippen LogP) is 4.87. The molecule has 0 saturated heterocycles. The topological polar surface area (TPSA) is 53.3 Å². The van der Waals surface area contributed by atoms with Gasteiger partial charge in [-0.05, 0) is 55.0 Å². The van der Waals surface area contributed by atoms with Gasteiger partial charge < -0.3 is 9.47 Å². The van der Waals surface area contributed by atoms with Crippen LogP contribution in [0.25, 0.3) is 6.08 Å². The molecule has 0 N–H and O–H groups in total. The van der Waals surface area contributed by atoms with Gasteiger partial charge in [0.25, 0.3) is 0 Å². The Morgan fingerprint density at radius 3 is 2.71 bits per heavy atom. The van der Waals surface area contributed by atoms with Crippen LogP contribution in [-0.2, 0) is 13.7 Å². The molecule has 6 heteroatoms. The zero-order valence-corrected chi connectivity index (χ0v) is 16.7. The molecule has 3 aromatic rings. The number of nitrogens with zero attached hydrogens (tertiary/aromatic N) is 2. The molecule has 0 amide bonds. The summed E-state index contributed by atoms with van der Waals surface area (Å²) in [5.41, 5.74) is 3.10. The minimum Gasteiger partial charge on any atom is -0.496 e. The summed E-state index contributed by atoms with van der Waals surface area (Å²) in [4.78, 5) is 12.4. The minimum atomic E-state index is -0.101. The van der Waals surface area contributed by atoms with E-state index in [-0.39, 0.29) is 5.78 Å². The van der Waals surface area contributed by atoms with Gasteiger partial charge in [0.1, 0.15) is 23.8 Å². The third-order valence-electron chi connectivity index (χ3n) is 4.18. The van der Waals surface area contributed by atoms with Crippen molar-refractivity contribution in [2.24, 2.45) is 7.05 Å². The first-order valence-electron chi connectivity index (χ1n) is 8.74. The Morgan fingerprint density at radius 2 is 2.04 bits per heavy atom. The van der Waals surface area contributed by atoms with Gasteiger partial charge in [-0.3, -0.25) is 9.48 Å². The molecule has 0 spiro atoms. The molecule has 3 rings (SSSR count). The van der Waals surface area contributed by atoms with Crippen molar-refractivity contribution in [2.75, 3.05) is 7.11 Å². The Labute approximate surface area is 169 Å². The van der Waals surface area contributed by atoms with Crippen LogP contribution in [0.4, 0.5) is 0 Å². The van der Waals surface area contributed by atoms with Crippen molar-refractivity contribution in [2.45, 2.75) is 13.5 Å². The molecule has 2 aromatic carbocycles. The molecule has 0 aliphatic heterocycles. The van der Waals surface area contributed by atoms with Crippen molar-refractivity contribution in [1.82, 2.24) is 9.78 Å². The molecule has 0 radical (unpaired) electrons. The molecule has 0 atom stereocenters. The van der Waals surface area contributed by atoms with Gasteiger partial charge in [0.05, 0.1) is 12.8 Å². The normalized spacial score (nSPS) is 11.0. The highest BCUT2D eigenvalue weighted by molar-refractivity contribution is 6.30. The summed E-state index contributed by atoms with van der Waals surface area (Å²) >= 11 is 5.99. The number of aromatic nitrogens is 2. The van der Waals surface area contributed by atoms with Gasteiger partial charge in [0, 0.05) is 17.6 Å². The fraction of sp³-hybridized carbons (Fsp3) is 0.182. The highest BCUT2D eigenvalue weighted by atomic mass is 35.5. The van der Waals surface area contributed by atoms with E-state index in [0.717, 1.165) is 16.8 Å². The van der Waals surface area contributed by atoms with Gasteiger partial charge in [0.2, 0.25) is 5.78 Å². The second kappa shape index (κ2) is 8.76. The Hall–Kier alpha value is -3.05. The first-order chi connectivity index (χ1) is 13.5. The Balaban J connectivity index is 1.76. The van der Waals surface area contributed by atoms with E-state index in [1.807, 2.05) is 37.3 Å². The van der Waals surface area contributed by atoms with Crippen LogP contribution in [0.5, 0.6) is 11.5 Å². The molecule has 0 bridgehead atoms. The molecular weight excluding hydrogens is 376 g/mol. The summed E-state index contributed by atoms with van der Waals surface area (Å²) in [6.07, 6.45) is 3.31. The van der Waals surface area contributed by atoms with Crippen molar-refractivity contribution >= 4 is 23.5 Å². The van der Waals surface area contributed by atoms with Gasteiger partial charge in [-0.2, -0.15) is 5.10 Å². The largest absolute Gasteiger partial charge is 0.496 e. The molecule has 0 aliphatic rings. The summed E-state index contributed by atoms with van der Waals surface area (Å²) in [5.74, 6) is 1.29. The number of aryl methyl sites for hydroxylation is 2. The van der Waals surface area contributed by atoms with E-state index < -0.39 is 0 Å². The fourth-order valence-electron chi connectivity index (χ4n) is 2.83. The number of ketones is 1. The average Bonchev–Trinajstić information content (AvgIpc) is 3.02. The van der Waals surface area contributed by atoms with E-state index in [9.17, 15) is 4.79 Å². The summed E-state index contributed by atoms with van der Waals surface area (Å²) in [6, 6.07) is 14.7. The highest BCUT2D eigenvalue weighted by Crippen LogP contribution is 2.24. The van der Waals surface area contributed by atoms with Crippen molar-refractivity contribution < 1.29 is 14.3 Å². The van der Waals surface area contributed by atoms with Crippen LogP contribution in [-0.4, -0.2) is 22.7 Å². The van der Waals surface area contributed by atoms with Gasteiger partial charge in [0.15, 0.2) is 0 Å². The van der Waals surface area contributed by atoms with E-state index in [2.05, 4.69) is 5.10 Å². The number of halogens is 1. The number of benzene rings is 2. The Kier molecular flexibility index (Phi) is 6.16. The number of allylic oxidation sites excluding steroid dienone is 1. The molecule has 0 aliphatic carbocycles. The number of rotatable bonds is 7. The maximum atomic E-state index is 12.4. The van der Waals surface area contributed by atoms with E-state index in [4.69, 9.17) is 21.1 Å². The van der Waals surface area contributed by atoms with E-state index >= 15 is 0 Å². The lowest BCUT2D eigenvalue weighted by Crippen LogP contribution is -2.04. The van der Waals surface area contributed by atoms with Gasteiger partial charge in [-0.1, -0.05) is 29.8 Å². The maximum absolute atomic E-state index is 12.4. The monoisotopic (exact) mass is 396 g/mol. The molecular formula is C22H21ClN2O3. The quantitative estimate of drug-likeness (QED) is 0.422. The summed E-state index contributed by atoms with van der Waals surface area (Å²) < 4.78 is 12.8. The molecule has 0 fully saturated rings. The Morgan fingerprint density at radius 1 is 1.21 bits per heavy atom. The molecule has 1 heterocycles. The number of methoxy groups -OCH3 is 1. The van der Waals surface area contributed by atoms with Gasteiger partial charge >= 0.3 is 0 Å². The van der Waals surface area contributed by atoms with E-state index in [0.29, 0.717) is 28.8 Å². The first-order valence-corrected chi connectivity index (χ1v) is 9.12. The summed E-state index contributed by atoms with van der Waals surface area (Å²) in [7, 11) is 3.37. The molecule has 0 unspecified atom stereocenters. The van der Waals surface area contributed by atoms with Crippen molar-refractivity contribution in [3.8, 4) is 11.5 Å². The van der Waals surface area contributed by atoms with Crippen LogP contribution >= 0.6 is 11.6 Å². The number of carbonyl (C=O) groups is 1. The molecule has 28 heavy (non-hydrogen) atoms. The predicted molar refractivity (Wildman–Crippen MR) is 110 cm³/mol. The van der Waals surface area contributed by atoms with Gasteiger partial charge in [-0.15, -0.1) is 0 Å². The smallest absolute Gasteiger partial charge is 0.203 e. The Bertz CT molecular complexity index is 1020. The third kappa shape index (κ3) is 4.81. The minimum absolute atomic E-state index is 0.101. The molecule has 0 saturated carbocycles. The number of hydrogen-bond acceptors (Lipinski definition) is 4. The maximum Gasteiger partial charge on any atom is 0.203 e. The van der Waals surface area contributed by atoms with Crippen LogP contribution in [0.1, 0.15) is 27.3 Å². The average molecular weight is 397 g/mol. The third-order valence-corrected chi connectivity index (χ3v) is 4.41. The van der Waals surface area contributed by atoms with Crippen LogP contribution in [0.2, 0.25) is 5.02 Å². The van der Waals surface area contributed by atoms with Crippen LogP contribution < -0.4 is 9.47 Å². The number of carbonyl (C=O) groups excluding carboxylic acids is 1. The van der Waals surface area contributed by atoms with Gasteiger partial charge in [-0.25, -0.2) is 0 Å². The fourth-order valence-corrected chi connectivity index (χ4v) is 3.01. The molecule has 5 nitrogen and oxygen atoms in total. The second-order valence-corrected chi connectivity index (χ2v) is 6.75. The molecule has 1 aromatic heterocycles. The van der Waals surface area contributed by atoms with Crippen LogP contribution in [0.3, 0.4) is 0 Å². The first kappa shape index (κ1) is 19.7. The SMILES string of the molecule is COc1ccc(/C=C/C(=O)c2cc(C)nn2C)cc1COc1cccc(Cl)c1. The number of ether oxygens (including phenoxy) is 2. The second-order valence-electron chi connectivity index (χ2n) is 6.31. The highest BCUT2D eigenvalue weighted by Gasteiger charge is 2.09. The van der Waals surface area contributed by atoms with Crippen LogP contribution in [0, 0.1) is 6.92 Å². The van der Waals surface area contributed by atoms with E-state index in [1.54, 1.807) is 49.2 Å². The van der Waals surface area contributed by atoms with Crippen molar-refractivity contribution in [1.29, 1.82) is 0 Å². The summed E-state index contributed by atoms with van der Waals surface area (Å²) in [5, 5.41) is 4.82. The van der Waals surface area contributed by atoms with Crippen molar-refractivity contribution in [3.63, 3.8) is 0 Å². The molecule has 144 valence electrons. The number of hydrogen-bond donors (Lipinski definition) is 0. The summed E-state index contributed by atoms with van der Waals surface area (Å²) in [6.45, 7) is 2.18. The lowest BCUT2D eigenvalue weighted by Gasteiger charge is -2.11. The zero-order chi connectivity index (χ0) is 20.1. The standard InChI is InChI=1S/C22H21ClN2O3/c1-15-11-20(25(2)24-15)21(26)9-7-16-8-10-22(27-3)17(12-16)14-28-19-6-4-5-18(23)13-19/h4-13H,14H2,1-3H3/b9-7+. The lowest BCUT2D eigenvalue weighted by atomic mass is 10.1.